The van der Waals surface area contributed by atoms with Crippen LogP contribution in [0.4, 0.5) is 5.69 Å². The first-order valence-electron chi connectivity index (χ1n) is 5.79. The first-order chi connectivity index (χ1) is 7.72. The Bertz CT molecular complexity index is 286. The normalized spacial score (nSPS) is 12.4. The number of halogens is 1. The van der Waals surface area contributed by atoms with Crippen LogP contribution in [-0.2, 0) is 0 Å². The monoisotopic (exact) mass is 301 g/mol. The van der Waals surface area contributed by atoms with Crippen molar-refractivity contribution in [3.63, 3.8) is 0 Å². The summed E-state index contributed by atoms with van der Waals surface area (Å²) >= 11 is 5.47. The molecule has 1 rings (SSSR count). The van der Waals surface area contributed by atoms with Crippen molar-refractivity contribution in [2.24, 2.45) is 5.92 Å². The van der Waals surface area contributed by atoms with Gasteiger partial charge in [0.2, 0.25) is 0 Å². The standard InChI is InChI=1S/C13H20BrNS/c1-3-11(2)10-16-9-8-15-13-6-4-12(14)5-7-13/h4-7,11,15H,3,8-10H2,1-2H3. The predicted molar refractivity (Wildman–Crippen MR) is 79.4 cm³/mol. The molecular formula is C13H20BrNS. The van der Waals surface area contributed by atoms with Gasteiger partial charge in [-0.2, -0.15) is 11.8 Å². The lowest BCUT2D eigenvalue weighted by atomic mass is 10.2. The Balaban J connectivity index is 2.09. The van der Waals surface area contributed by atoms with Gasteiger partial charge in [0.15, 0.2) is 0 Å². The van der Waals surface area contributed by atoms with Crippen molar-refractivity contribution in [2.45, 2.75) is 20.3 Å². The molecule has 0 saturated heterocycles. The Morgan fingerprint density at radius 2 is 2.00 bits per heavy atom. The van der Waals surface area contributed by atoms with E-state index in [9.17, 15) is 0 Å². The second-order valence-electron chi connectivity index (χ2n) is 4.02. The molecule has 1 nitrogen and oxygen atoms in total. The second-order valence-corrected chi connectivity index (χ2v) is 6.09. The molecule has 0 bridgehead atoms. The summed E-state index contributed by atoms with van der Waals surface area (Å²) in [5, 5.41) is 3.42. The van der Waals surface area contributed by atoms with E-state index in [4.69, 9.17) is 0 Å². The summed E-state index contributed by atoms with van der Waals surface area (Å²) in [7, 11) is 0. The van der Waals surface area contributed by atoms with E-state index in [1.54, 1.807) is 0 Å². The highest BCUT2D eigenvalue weighted by molar-refractivity contribution is 9.10. The lowest BCUT2D eigenvalue weighted by Crippen LogP contribution is -2.06. The first kappa shape index (κ1) is 13.9. The van der Waals surface area contributed by atoms with Gasteiger partial charge in [0, 0.05) is 22.5 Å². The third kappa shape index (κ3) is 5.80. The smallest absolute Gasteiger partial charge is 0.0341 e. The topological polar surface area (TPSA) is 12.0 Å². The Morgan fingerprint density at radius 1 is 1.31 bits per heavy atom. The van der Waals surface area contributed by atoms with Crippen molar-refractivity contribution in [3.8, 4) is 0 Å². The quantitative estimate of drug-likeness (QED) is 0.736. The average molecular weight is 302 g/mol. The van der Waals surface area contributed by atoms with Gasteiger partial charge in [0.25, 0.3) is 0 Å². The zero-order valence-corrected chi connectivity index (χ0v) is 12.4. The lowest BCUT2D eigenvalue weighted by Gasteiger charge is -2.09. The third-order valence-electron chi connectivity index (χ3n) is 2.52. The molecule has 0 aliphatic heterocycles. The molecule has 0 amide bonds. The van der Waals surface area contributed by atoms with Crippen LogP contribution in [-0.4, -0.2) is 18.1 Å². The highest BCUT2D eigenvalue weighted by Crippen LogP contribution is 2.15. The lowest BCUT2D eigenvalue weighted by molar-refractivity contribution is 0.637. The molecule has 1 N–H and O–H groups in total. The Hall–Kier alpha value is -0.150. The number of rotatable bonds is 7. The summed E-state index contributed by atoms with van der Waals surface area (Å²) in [6.07, 6.45) is 1.28. The van der Waals surface area contributed by atoms with E-state index in [-0.39, 0.29) is 0 Å². The predicted octanol–water partition coefficient (Wildman–Crippen LogP) is 4.64. The molecule has 0 heterocycles. The highest BCUT2D eigenvalue weighted by atomic mass is 79.9. The fourth-order valence-corrected chi connectivity index (χ4v) is 2.55. The van der Waals surface area contributed by atoms with Gasteiger partial charge < -0.3 is 5.32 Å². The van der Waals surface area contributed by atoms with Crippen molar-refractivity contribution in [2.75, 3.05) is 23.4 Å². The van der Waals surface area contributed by atoms with Crippen LogP contribution in [0.15, 0.2) is 28.7 Å². The molecule has 1 unspecified atom stereocenters. The number of anilines is 1. The van der Waals surface area contributed by atoms with E-state index >= 15 is 0 Å². The second kappa shape index (κ2) is 8.02. The molecule has 3 heteroatoms. The van der Waals surface area contributed by atoms with Gasteiger partial charge in [-0.05, 0) is 35.9 Å². The van der Waals surface area contributed by atoms with E-state index < -0.39 is 0 Å². The highest BCUT2D eigenvalue weighted by Gasteiger charge is 1.98. The molecule has 90 valence electrons. The van der Waals surface area contributed by atoms with Crippen LogP contribution < -0.4 is 5.32 Å². The maximum absolute atomic E-state index is 3.43. The van der Waals surface area contributed by atoms with Crippen molar-refractivity contribution in [3.05, 3.63) is 28.7 Å². The van der Waals surface area contributed by atoms with Gasteiger partial charge in [0.1, 0.15) is 0 Å². The Kier molecular flexibility index (Phi) is 6.97. The molecular weight excluding hydrogens is 282 g/mol. The van der Waals surface area contributed by atoms with Crippen LogP contribution in [0.5, 0.6) is 0 Å². The SMILES string of the molecule is CCC(C)CSCCNc1ccc(Br)cc1. The molecule has 0 fully saturated rings. The molecule has 0 aliphatic rings. The first-order valence-corrected chi connectivity index (χ1v) is 7.74. The molecule has 1 aromatic rings. The minimum atomic E-state index is 0.845. The minimum absolute atomic E-state index is 0.845. The van der Waals surface area contributed by atoms with Gasteiger partial charge in [-0.3, -0.25) is 0 Å². The summed E-state index contributed by atoms with van der Waals surface area (Å²) in [6.45, 7) is 5.61. The summed E-state index contributed by atoms with van der Waals surface area (Å²) in [5.74, 6) is 3.30. The van der Waals surface area contributed by atoms with Crippen LogP contribution in [0.2, 0.25) is 0 Å². The Morgan fingerprint density at radius 3 is 2.62 bits per heavy atom. The molecule has 0 aliphatic carbocycles. The van der Waals surface area contributed by atoms with E-state index in [0.29, 0.717) is 0 Å². The van der Waals surface area contributed by atoms with E-state index in [1.165, 1.54) is 23.6 Å². The zero-order chi connectivity index (χ0) is 11.8. The summed E-state index contributed by atoms with van der Waals surface area (Å²) in [6, 6.07) is 8.33. The van der Waals surface area contributed by atoms with Gasteiger partial charge >= 0.3 is 0 Å². The van der Waals surface area contributed by atoms with Crippen LogP contribution in [0.1, 0.15) is 20.3 Å². The summed E-state index contributed by atoms with van der Waals surface area (Å²) in [4.78, 5) is 0. The number of hydrogen-bond donors (Lipinski definition) is 1. The average Bonchev–Trinajstić information content (AvgIpc) is 2.31. The maximum atomic E-state index is 3.43. The summed E-state index contributed by atoms with van der Waals surface area (Å²) in [5.41, 5.74) is 1.20. The van der Waals surface area contributed by atoms with E-state index in [1.807, 2.05) is 11.8 Å². The molecule has 0 saturated carbocycles. The number of hydrogen-bond acceptors (Lipinski definition) is 2. The molecule has 0 radical (unpaired) electrons. The minimum Gasteiger partial charge on any atom is -0.384 e. The molecule has 16 heavy (non-hydrogen) atoms. The van der Waals surface area contributed by atoms with E-state index in [0.717, 1.165) is 16.9 Å². The van der Waals surface area contributed by atoms with E-state index in [2.05, 4.69) is 59.4 Å². The molecule has 0 aromatic heterocycles. The van der Waals surface area contributed by atoms with Crippen molar-refractivity contribution >= 4 is 33.4 Å². The molecule has 1 atom stereocenters. The van der Waals surface area contributed by atoms with Crippen LogP contribution >= 0.6 is 27.7 Å². The van der Waals surface area contributed by atoms with Crippen LogP contribution in [0.25, 0.3) is 0 Å². The number of thioether (sulfide) groups is 1. The number of benzene rings is 1. The fraction of sp³-hybridized carbons (Fsp3) is 0.538. The van der Waals surface area contributed by atoms with Crippen molar-refractivity contribution in [1.29, 1.82) is 0 Å². The van der Waals surface area contributed by atoms with Gasteiger partial charge in [-0.25, -0.2) is 0 Å². The van der Waals surface area contributed by atoms with Gasteiger partial charge in [-0.15, -0.1) is 0 Å². The van der Waals surface area contributed by atoms with Crippen molar-refractivity contribution < 1.29 is 0 Å². The van der Waals surface area contributed by atoms with Gasteiger partial charge in [0.05, 0.1) is 0 Å². The summed E-state index contributed by atoms with van der Waals surface area (Å²) < 4.78 is 1.13. The van der Waals surface area contributed by atoms with Crippen molar-refractivity contribution in [1.82, 2.24) is 0 Å². The maximum Gasteiger partial charge on any atom is 0.0341 e. The third-order valence-corrected chi connectivity index (χ3v) is 4.35. The van der Waals surface area contributed by atoms with Gasteiger partial charge in [-0.1, -0.05) is 36.2 Å². The Labute approximate surface area is 112 Å². The number of nitrogens with one attached hydrogen (secondary N) is 1. The molecule has 1 aromatic carbocycles. The van der Waals surface area contributed by atoms with Crippen LogP contribution in [0, 0.1) is 5.92 Å². The largest absolute Gasteiger partial charge is 0.384 e. The van der Waals surface area contributed by atoms with Crippen LogP contribution in [0.3, 0.4) is 0 Å². The molecule has 0 spiro atoms. The zero-order valence-electron chi connectivity index (χ0n) is 10.0. The fourth-order valence-electron chi connectivity index (χ4n) is 1.24.